The van der Waals surface area contributed by atoms with Gasteiger partial charge in [0.15, 0.2) is 0 Å². The first kappa shape index (κ1) is 28.8. The van der Waals surface area contributed by atoms with E-state index in [1.165, 1.54) is 0 Å². The van der Waals surface area contributed by atoms with Crippen LogP contribution in [-0.4, -0.2) is 55.0 Å². The zero-order chi connectivity index (χ0) is 27.7. The monoisotopic (exact) mass is 552 g/mol. The molecule has 39 heavy (non-hydrogen) atoms. The molecule has 1 saturated carbocycles. The molecule has 3 amide bonds. The molecule has 0 unspecified atom stereocenters. The van der Waals surface area contributed by atoms with E-state index in [0.29, 0.717) is 39.0 Å². The van der Waals surface area contributed by atoms with Crippen LogP contribution in [0.25, 0.3) is 6.08 Å². The topological polar surface area (TPSA) is 109 Å². The number of nitrogens with one attached hydrogen (secondary N) is 4. The maximum atomic E-state index is 13.8. The molecule has 1 aromatic carbocycles. The van der Waals surface area contributed by atoms with Crippen molar-refractivity contribution in [1.82, 2.24) is 21.3 Å². The Bertz CT molecular complexity index is 1140. The molecule has 0 saturated heterocycles. The van der Waals surface area contributed by atoms with Gasteiger partial charge in [-0.15, -0.1) is 0 Å². The van der Waals surface area contributed by atoms with Crippen molar-refractivity contribution < 1.29 is 19.1 Å². The van der Waals surface area contributed by atoms with E-state index >= 15 is 0 Å². The molecule has 4 N–H and O–H groups in total. The first-order valence-corrected chi connectivity index (χ1v) is 14.9. The van der Waals surface area contributed by atoms with Crippen molar-refractivity contribution in [3.8, 4) is 5.75 Å². The van der Waals surface area contributed by atoms with Crippen molar-refractivity contribution in [1.29, 1.82) is 0 Å². The summed E-state index contributed by atoms with van der Waals surface area (Å²) >= 11 is 1.55. The third-order valence-electron chi connectivity index (χ3n) is 7.73. The molecule has 0 bridgehead atoms. The summed E-state index contributed by atoms with van der Waals surface area (Å²) in [4.78, 5) is 40.7. The van der Waals surface area contributed by atoms with Gasteiger partial charge in [-0.05, 0) is 47.2 Å². The van der Waals surface area contributed by atoms with Gasteiger partial charge in [0.1, 0.15) is 23.9 Å². The van der Waals surface area contributed by atoms with E-state index in [0.717, 1.165) is 36.1 Å². The van der Waals surface area contributed by atoms with Gasteiger partial charge in [-0.25, -0.2) is 0 Å². The third kappa shape index (κ3) is 7.48. The smallest absolute Gasteiger partial charge is 0.246 e. The number of hydrogen-bond donors (Lipinski definition) is 4. The summed E-state index contributed by atoms with van der Waals surface area (Å²) in [5.74, 6) is 0.0539. The highest BCUT2D eigenvalue weighted by Crippen LogP contribution is 2.31. The van der Waals surface area contributed by atoms with Crippen molar-refractivity contribution in [2.75, 3.05) is 19.7 Å². The van der Waals surface area contributed by atoms with Gasteiger partial charge in [-0.2, -0.15) is 11.3 Å². The van der Waals surface area contributed by atoms with Crippen LogP contribution in [0.4, 0.5) is 0 Å². The minimum atomic E-state index is -1.03. The molecule has 8 nitrogen and oxygen atoms in total. The van der Waals surface area contributed by atoms with Gasteiger partial charge < -0.3 is 26.0 Å². The van der Waals surface area contributed by atoms with Crippen molar-refractivity contribution in [2.45, 2.75) is 70.0 Å². The zero-order valence-corrected chi connectivity index (χ0v) is 23.6. The molecular weight excluding hydrogens is 512 g/mol. The lowest BCUT2D eigenvalue weighted by Crippen LogP contribution is -2.64. The highest BCUT2D eigenvalue weighted by atomic mass is 32.1. The van der Waals surface area contributed by atoms with Crippen LogP contribution in [-0.2, 0) is 20.8 Å². The second-order valence-corrected chi connectivity index (χ2v) is 11.3. The van der Waals surface area contributed by atoms with Crippen LogP contribution in [0.2, 0.25) is 0 Å². The average molecular weight is 553 g/mol. The van der Waals surface area contributed by atoms with Crippen LogP contribution in [0.1, 0.15) is 57.1 Å². The number of fused-ring (bicyclic) bond motifs is 1. The Morgan fingerprint density at radius 1 is 1.10 bits per heavy atom. The number of para-hydroxylation sites is 1. The summed E-state index contributed by atoms with van der Waals surface area (Å²) in [6.07, 6.45) is 7.76. The Morgan fingerprint density at radius 3 is 2.64 bits per heavy atom. The average Bonchev–Trinajstić information content (AvgIpc) is 3.63. The van der Waals surface area contributed by atoms with Crippen LogP contribution in [0, 0.1) is 5.92 Å². The van der Waals surface area contributed by atoms with Crippen LogP contribution in [0.5, 0.6) is 5.75 Å². The Labute approximate surface area is 235 Å². The van der Waals surface area contributed by atoms with Crippen LogP contribution < -0.4 is 26.0 Å². The SMILES string of the molecule is CC[C@H](C)[C@@H]1NCCOc2ccccc2/C=C\CNC(=O)[C@H](Cc2ccsc2)NC(=O)C2(CCCC2)NC1=O. The summed E-state index contributed by atoms with van der Waals surface area (Å²) < 4.78 is 6.04. The highest BCUT2D eigenvalue weighted by molar-refractivity contribution is 7.07. The molecule has 4 rings (SSSR count). The molecule has 1 aliphatic heterocycles. The summed E-state index contributed by atoms with van der Waals surface area (Å²) in [5.41, 5.74) is 0.850. The number of hydrogen-bond acceptors (Lipinski definition) is 6. The number of rotatable bonds is 4. The molecule has 3 atom stereocenters. The highest BCUT2D eigenvalue weighted by Gasteiger charge is 2.45. The van der Waals surface area contributed by atoms with Crippen molar-refractivity contribution in [3.05, 3.63) is 58.3 Å². The predicted molar refractivity (Wildman–Crippen MR) is 155 cm³/mol. The molecule has 1 aliphatic carbocycles. The Hall–Kier alpha value is -3.17. The molecule has 2 aromatic rings. The lowest BCUT2D eigenvalue weighted by molar-refractivity contribution is -0.137. The Kier molecular flexibility index (Phi) is 10.2. The van der Waals surface area contributed by atoms with E-state index in [9.17, 15) is 14.4 Å². The van der Waals surface area contributed by atoms with Gasteiger partial charge in [-0.3, -0.25) is 14.4 Å². The molecule has 0 radical (unpaired) electrons. The molecule has 1 aromatic heterocycles. The first-order chi connectivity index (χ1) is 18.9. The van der Waals surface area contributed by atoms with Gasteiger partial charge in [0, 0.05) is 25.1 Å². The van der Waals surface area contributed by atoms with E-state index in [2.05, 4.69) is 28.2 Å². The molecule has 9 heteroatoms. The Morgan fingerprint density at radius 2 is 1.90 bits per heavy atom. The van der Waals surface area contributed by atoms with Crippen LogP contribution >= 0.6 is 11.3 Å². The molecule has 1 spiro atoms. The minimum absolute atomic E-state index is 0.0597. The fourth-order valence-electron chi connectivity index (χ4n) is 5.23. The van der Waals surface area contributed by atoms with Crippen molar-refractivity contribution in [2.24, 2.45) is 5.92 Å². The molecular formula is C30H40N4O4S. The number of ether oxygens (including phenoxy) is 1. The maximum Gasteiger partial charge on any atom is 0.246 e. The van der Waals surface area contributed by atoms with Gasteiger partial charge in [0.2, 0.25) is 17.7 Å². The van der Waals surface area contributed by atoms with E-state index < -0.39 is 17.6 Å². The van der Waals surface area contributed by atoms with Gasteiger partial charge in [0.05, 0.1) is 6.04 Å². The largest absolute Gasteiger partial charge is 0.492 e. The number of amides is 3. The second-order valence-electron chi connectivity index (χ2n) is 10.5. The van der Waals surface area contributed by atoms with Crippen LogP contribution in [0.15, 0.2) is 47.2 Å². The summed E-state index contributed by atoms with van der Waals surface area (Å²) in [6, 6.07) is 8.45. The van der Waals surface area contributed by atoms with E-state index in [1.807, 2.05) is 60.2 Å². The molecule has 210 valence electrons. The number of thiophene rings is 1. The quantitative estimate of drug-likeness (QED) is 0.465. The lowest BCUT2D eigenvalue weighted by Gasteiger charge is -2.34. The van der Waals surface area contributed by atoms with Crippen molar-refractivity contribution >= 4 is 35.1 Å². The fraction of sp³-hybridized carbons (Fsp3) is 0.500. The third-order valence-corrected chi connectivity index (χ3v) is 8.46. The predicted octanol–water partition coefficient (Wildman–Crippen LogP) is 3.43. The summed E-state index contributed by atoms with van der Waals surface area (Å²) in [7, 11) is 0. The lowest BCUT2D eigenvalue weighted by atomic mass is 9.92. The fourth-order valence-corrected chi connectivity index (χ4v) is 5.91. The van der Waals surface area contributed by atoms with Gasteiger partial charge in [0.25, 0.3) is 0 Å². The van der Waals surface area contributed by atoms with E-state index in [-0.39, 0.29) is 23.6 Å². The number of carbonyl (C=O) groups is 3. The van der Waals surface area contributed by atoms with E-state index in [1.54, 1.807) is 11.3 Å². The summed E-state index contributed by atoms with van der Waals surface area (Å²) in [6.45, 7) is 5.27. The molecule has 1 fully saturated rings. The van der Waals surface area contributed by atoms with Gasteiger partial charge in [-0.1, -0.05) is 63.5 Å². The van der Waals surface area contributed by atoms with Gasteiger partial charge >= 0.3 is 0 Å². The number of benzene rings is 1. The second kappa shape index (κ2) is 13.8. The summed E-state index contributed by atoms with van der Waals surface area (Å²) in [5, 5.41) is 16.4. The molecule has 2 heterocycles. The van der Waals surface area contributed by atoms with Crippen molar-refractivity contribution in [3.63, 3.8) is 0 Å². The zero-order valence-electron chi connectivity index (χ0n) is 22.8. The van der Waals surface area contributed by atoms with Crippen LogP contribution in [0.3, 0.4) is 0 Å². The molecule has 2 aliphatic rings. The normalized spacial score (nSPS) is 24.3. The first-order valence-electron chi connectivity index (χ1n) is 14.0. The minimum Gasteiger partial charge on any atom is -0.492 e. The number of carbonyl (C=O) groups excluding carboxylic acids is 3. The standard InChI is InChI=1S/C30H40N4O4S/c1-3-21(2)26-28(36)34-30(13-6-7-14-30)29(37)33-24(19-22-12-18-39-20-22)27(35)32-15-8-10-23-9-4-5-11-25(23)38-17-16-31-26/h4-5,8-12,18,20-21,24,26,31H,3,6-7,13-17,19H2,1-2H3,(H,32,35)(H,33,37)(H,34,36)/b10-8-/t21-,24-,26-/m0/s1. The maximum absolute atomic E-state index is 13.8. The van der Waals surface area contributed by atoms with E-state index in [4.69, 9.17) is 4.74 Å². The Balaban J connectivity index is 1.62.